The zero-order chi connectivity index (χ0) is 31.1. The molecule has 0 radical (unpaired) electrons. The Morgan fingerprint density at radius 2 is 1.68 bits per heavy atom. The maximum atomic E-state index is 13.6. The van der Waals surface area contributed by atoms with E-state index < -0.39 is 0 Å². The number of likely N-dealkylation sites (N-methyl/N-ethyl adjacent to an activating group) is 2. The molecule has 2 aliphatic rings. The fourth-order valence-electron chi connectivity index (χ4n) is 5.98. The number of anilines is 4. The maximum absolute atomic E-state index is 13.6. The average molecular weight is 597 g/mol. The van der Waals surface area contributed by atoms with Gasteiger partial charge < -0.3 is 15.1 Å². The Balaban J connectivity index is 1.17. The highest BCUT2D eigenvalue weighted by molar-refractivity contribution is 6.17. The third-order valence-electron chi connectivity index (χ3n) is 8.80. The van der Waals surface area contributed by atoms with Gasteiger partial charge in [0.05, 0.1) is 16.9 Å². The standard InChI is InChI=1S/C35H44N6O3/c1-4-38(25-27-12-14-28(15-13-27)40-21-18-26(3)19-22-40)23-24-39(5-2)32(42)16-17-33(43)41-31-11-7-6-9-29(31)35(44)37-30-10-8-20-36-34(30)41/h6-15,20,26H,4-5,16-19,21-25H2,1-3H3,(H,37,44). The molecule has 1 saturated heterocycles. The Morgan fingerprint density at radius 3 is 2.41 bits per heavy atom. The Bertz CT molecular complexity index is 1450. The minimum atomic E-state index is -0.300. The fraction of sp³-hybridized carbons (Fsp3) is 0.429. The first kappa shape index (κ1) is 31.2. The maximum Gasteiger partial charge on any atom is 0.257 e. The molecule has 3 aromatic rings. The summed E-state index contributed by atoms with van der Waals surface area (Å²) >= 11 is 0. The number of piperidine rings is 1. The molecular formula is C35H44N6O3. The number of carbonyl (C=O) groups excluding carboxylic acids is 3. The van der Waals surface area contributed by atoms with Crippen LogP contribution >= 0.6 is 0 Å². The minimum Gasteiger partial charge on any atom is -0.372 e. The number of aromatic nitrogens is 1. The summed E-state index contributed by atoms with van der Waals surface area (Å²) in [5.41, 5.74) is 3.87. The predicted molar refractivity (Wildman–Crippen MR) is 175 cm³/mol. The molecule has 0 atom stereocenters. The topological polar surface area (TPSA) is 89.1 Å². The van der Waals surface area contributed by atoms with Crippen molar-refractivity contribution in [2.75, 3.05) is 54.4 Å². The molecule has 0 saturated carbocycles. The Kier molecular flexibility index (Phi) is 10.3. The highest BCUT2D eigenvalue weighted by atomic mass is 16.2. The van der Waals surface area contributed by atoms with Crippen LogP contribution in [0, 0.1) is 5.92 Å². The van der Waals surface area contributed by atoms with Gasteiger partial charge in [0.15, 0.2) is 5.82 Å². The van der Waals surface area contributed by atoms with Crippen molar-refractivity contribution in [3.8, 4) is 0 Å². The summed E-state index contributed by atoms with van der Waals surface area (Å²) in [4.78, 5) is 52.3. The molecule has 44 heavy (non-hydrogen) atoms. The van der Waals surface area contributed by atoms with Gasteiger partial charge in [-0.25, -0.2) is 4.98 Å². The van der Waals surface area contributed by atoms with E-state index in [1.54, 1.807) is 42.6 Å². The van der Waals surface area contributed by atoms with Crippen LogP contribution in [-0.2, 0) is 16.1 Å². The van der Waals surface area contributed by atoms with Crippen LogP contribution in [0.4, 0.5) is 22.9 Å². The summed E-state index contributed by atoms with van der Waals surface area (Å²) in [5, 5.41) is 2.85. The summed E-state index contributed by atoms with van der Waals surface area (Å²) in [7, 11) is 0. The Hall–Kier alpha value is -4.24. The second-order valence-electron chi connectivity index (χ2n) is 11.8. The Morgan fingerprint density at radius 1 is 0.932 bits per heavy atom. The molecule has 0 aliphatic carbocycles. The number of pyridine rings is 1. The SMILES string of the molecule is CCN(CCN(CC)C(=O)CCC(=O)N1c2ccccc2C(=O)Nc2cccnc21)Cc1ccc(N2CCC(C)CC2)cc1. The van der Waals surface area contributed by atoms with Crippen LogP contribution in [0.25, 0.3) is 0 Å². The van der Waals surface area contributed by atoms with E-state index in [1.807, 2.05) is 11.8 Å². The van der Waals surface area contributed by atoms with Gasteiger partial charge in [0, 0.05) is 64.0 Å². The predicted octanol–water partition coefficient (Wildman–Crippen LogP) is 5.70. The van der Waals surface area contributed by atoms with E-state index >= 15 is 0 Å². The van der Waals surface area contributed by atoms with Gasteiger partial charge in [-0.05, 0) is 74.2 Å². The monoisotopic (exact) mass is 596 g/mol. The summed E-state index contributed by atoms with van der Waals surface area (Å²) in [6.45, 7) is 12.3. The molecule has 3 heterocycles. The highest BCUT2D eigenvalue weighted by Gasteiger charge is 2.30. The number of rotatable bonds is 11. The highest BCUT2D eigenvalue weighted by Crippen LogP contribution is 2.36. The number of benzene rings is 2. The fourth-order valence-corrected chi connectivity index (χ4v) is 5.98. The summed E-state index contributed by atoms with van der Waals surface area (Å²) < 4.78 is 0. The zero-order valence-corrected chi connectivity index (χ0v) is 26.2. The first-order chi connectivity index (χ1) is 21.4. The molecule has 1 N–H and O–H groups in total. The van der Waals surface area contributed by atoms with Crippen LogP contribution in [0.2, 0.25) is 0 Å². The molecule has 5 rings (SSSR count). The number of fused-ring (bicyclic) bond motifs is 2. The lowest BCUT2D eigenvalue weighted by atomic mass is 9.98. The second kappa shape index (κ2) is 14.5. The molecule has 9 nitrogen and oxygen atoms in total. The van der Waals surface area contributed by atoms with Gasteiger partial charge in [0.1, 0.15) is 0 Å². The molecule has 1 aromatic heterocycles. The molecule has 2 aliphatic heterocycles. The van der Waals surface area contributed by atoms with E-state index in [9.17, 15) is 14.4 Å². The molecule has 2 aromatic carbocycles. The van der Waals surface area contributed by atoms with Gasteiger partial charge in [-0.3, -0.25) is 24.2 Å². The van der Waals surface area contributed by atoms with Gasteiger partial charge in [-0.1, -0.05) is 38.1 Å². The third-order valence-corrected chi connectivity index (χ3v) is 8.80. The van der Waals surface area contributed by atoms with Gasteiger partial charge in [0.2, 0.25) is 11.8 Å². The van der Waals surface area contributed by atoms with Crippen molar-refractivity contribution in [2.24, 2.45) is 5.92 Å². The minimum absolute atomic E-state index is 0.00758. The van der Waals surface area contributed by atoms with Crippen molar-refractivity contribution in [1.82, 2.24) is 14.8 Å². The lowest BCUT2D eigenvalue weighted by Crippen LogP contribution is -2.39. The van der Waals surface area contributed by atoms with Crippen LogP contribution in [0.5, 0.6) is 0 Å². The molecule has 0 bridgehead atoms. The second-order valence-corrected chi connectivity index (χ2v) is 11.8. The summed E-state index contributed by atoms with van der Waals surface area (Å²) in [6, 6.07) is 19.3. The first-order valence-corrected chi connectivity index (χ1v) is 15.9. The molecule has 0 unspecified atom stereocenters. The van der Waals surface area contributed by atoms with Crippen LogP contribution in [0.3, 0.4) is 0 Å². The third kappa shape index (κ3) is 7.27. The van der Waals surface area contributed by atoms with Crippen LogP contribution < -0.4 is 15.1 Å². The van der Waals surface area contributed by atoms with E-state index in [4.69, 9.17) is 0 Å². The summed E-state index contributed by atoms with van der Waals surface area (Å²) in [5.74, 6) is 0.528. The van der Waals surface area contributed by atoms with Crippen molar-refractivity contribution in [2.45, 2.75) is 53.0 Å². The lowest BCUT2D eigenvalue weighted by molar-refractivity contribution is -0.133. The number of nitrogens with zero attached hydrogens (tertiary/aromatic N) is 5. The van der Waals surface area contributed by atoms with Crippen molar-refractivity contribution >= 4 is 40.6 Å². The van der Waals surface area contributed by atoms with E-state index in [0.29, 0.717) is 35.8 Å². The van der Waals surface area contributed by atoms with Crippen LogP contribution in [0.1, 0.15) is 62.4 Å². The Labute approximate surface area is 260 Å². The summed E-state index contributed by atoms with van der Waals surface area (Å²) in [6.07, 6.45) is 4.18. The molecular weight excluding hydrogens is 552 g/mol. The van der Waals surface area contributed by atoms with Crippen molar-refractivity contribution in [3.63, 3.8) is 0 Å². The zero-order valence-electron chi connectivity index (χ0n) is 26.2. The van der Waals surface area contributed by atoms with Gasteiger partial charge >= 0.3 is 0 Å². The van der Waals surface area contributed by atoms with Crippen LogP contribution in [0.15, 0.2) is 66.9 Å². The number of para-hydroxylation sites is 1. The molecule has 1 fully saturated rings. The number of nitrogens with one attached hydrogen (secondary N) is 1. The van der Waals surface area contributed by atoms with E-state index in [2.05, 4.69) is 58.2 Å². The number of hydrogen-bond donors (Lipinski definition) is 1. The lowest BCUT2D eigenvalue weighted by Gasteiger charge is -2.32. The number of hydrogen-bond acceptors (Lipinski definition) is 6. The number of amides is 3. The molecule has 232 valence electrons. The normalized spacial score (nSPS) is 15.0. The number of carbonyl (C=O) groups is 3. The smallest absolute Gasteiger partial charge is 0.257 e. The van der Waals surface area contributed by atoms with Crippen LogP contribution in [-0.4, -0.2) is 71.8 Å². The van der Waals surface area contributed by atoms with Gasteiger partial charge in [0.25, 0.3) is 5.91 Å². The quantitative estimate of drug-likeness (QED) is 0.306. The van der Waals surface area contributed by atoms with Crippen molar-refractivity contribution in [1.29, 1.82) is 0 Å². The first-order valence-electron chi connectivity index (χ1n) is 15.9. The molecule has 0 spiro atoms. The average Bonchev–Trinajstić information content (AvgIpc) is 3.17. The van der Waals surface area contributed by atoms with E-state index in [1.165, 1.54) is 29.0 Å². The molecule has 3 amide bonds. The van der Waals surface area contributed by atoms with E-state index in [-0.39, 0.29) is 30.6 Å². The van der Waals surface area contributed by atoms with Gasteiger partial charge in [-0.2, -0.15) is 0 Å². The largest absolute Gasteiger partial charge is 0.372 e. The van der Waals surface area contributed by atoms with E-state index in [0.717, 1.165) is 38.6 Å². The molecule has 9 heteroatoms. The van der Waals surface area contributed by atoms with Gasteiger partial charge in [-0.15, -0.1) is 0 Å². The van der Waals surface area contributed by atoms with Crippen molar-refractivity contribution in [3.05, 3.63) is 78.0 Å². The van der Waals surface area contributed by atoms with Crippen molar-refractivity contribution < 1.29 is 14.4 Å².